The van der Waals surface area contributed by atoms with Gasteiger partial charge in [-0.25, -0.2) is 4.79 Å². The van der Waals surface area contributed by atoms with E-state index in [0.717, 1.165) is 35.4 Å². The van der Waals surface area contributed by atoms with Gasteiger partial charge in [0.1, 0.15) is 0 Å². The van der Waals surface area contributed by atoms with Crippen molar-refractivity contribution in [3.8, 4) is 0 Å². The van der Waals surface area contributed by atoms with Crippen molar-refractivity contribution in [2.75, 3.05) is 6.61 Å². The van der Waals surface area contributed by atoms with Crippen molar-refractivity contribution in [3.63, 3.8) is 0 Å². The quantitative estimate of drug-likeness (QED) is 0.574. The molecule has 0 aliphatic rings. The van der Waals surface area contributed by atoms with E-state index in [1.165, 1.54) is 0 Å². The maximum atomic E-state index is 12.5. The molecule has 6 heteroatoms. The minimum Gasteiger partial charge on any atom is -0.462 e. The van der Waals surface area contributed by atoms with Gasteiger partial charge in [-0.15, -0.1) is 11.6 Å². The lowest BCUT2D eigenvalue weighted by Gasteiger charge is -2.09. The molecule has 2 aromatic carbocycles. The van der Waals surface area contributed by atoms with E-state index >= 15 is 0 Å². The Labute approximate surface area is 136 Å². The molecule has 0 N–H and O–H groups in total. The molecule has 0 saturated heterocycles. The number of carbonyl (C=O) groups is 1. The van der Waals surface area contributed by atoms with Crippen LogP contribution in [0.4, 0.5) is 13.2 Å². The Bertz CT molecular complexity index is 666. The number of carbonyl (C=O) groups excluding carboxylic acids is 1. The molecule has 2 rings (SSSR count). The molecule has 0 aliphatic carbocycles. The standard InChI is InChI=1S/C17H14ClF3O2/c18-11-14-4-2-1-3-12(14)9-10-23-16(22)13-5-7-15(8-6-13)17(19,20)21/h1-8H,9-11H2. The molecule has 2 aromatic rings. The molecule has 23 heavy (non-hydrogen) atoms. The summed E-state index contributed by atoms with van der Waals surface area (Å²) in [4.78, 5) is 11.8. The summed E-state index contributed by atoms with van der Waals surface area (Å²) in [7, 11) is 0. The third-order valence-electron chi connectivity index (χ3n) is 3.31. The fourth-order valence-electron chi connectivity index (χ4n) is 2.06. The van der Waals surface area contributed by atoms with Gasteiger partial charge in [-0.1, -0.05) is 24.3 Å². The Morgan fingerprint density at radius 1 is 1.00 bits per heavy atom. The summed E-state index contributed by atoms with van der Waals surface area (Å²) in [6.45, 7) is 0.133. The van der Waals surface area contributed by atoms with Crippen molar-refractivity contribution in [2.45, 2.75) is 18.5 Å². The largest absolute Gasteiger partial charge is 0.462 e. The lowest BCUT2D eigenvalue weighted by Crippen LogP contribution is -2.10. The summed E-state index contributed by atoms with van der Waals surface area (Å²) < 4.78 is 42.5. The molecule has 0 amide bonds. The second-order valence-corrected chi connectivity index (χ2v) is 5.13. The van der Waals surface area contributed by atoms with Gasteiger partial charge in [0.15, 0.2) is 0 Å². The Kier molecular flexibility index (Phi) is 5.66. The molecular weight excluding hydrogens is 329 g/mol. The number of benzene rings is 2. The lowest BCUT2D eigenvalue weighted by atomic mass is 10.1. The molecule has 0 aliphatic heterocycles. The minimum atomic E-state index is -4.42. The van der Waals surface area contributed by atoms with E-state index in [9.17, 15) is 18.0 Å². The van der Waals surface area contributed by atoms with Crippen LogP contribution in [0.1, 0.15) is 27.0 Å². The second kappa shape index (κ2) is 7.51. The van der Waals surface area contributed by atoms with Crippen LogP contribution in [0.5, 0.6) is 0 Å². The lowest BCUT2D eigenvalue weighted by molar-refractivity contribution is -0.137. The second-order valence-electron chi connectivity index (χ2n) is 4.86. The maximum Gasteiger partial charge on any atom is 0.416 e. The van der Waals surface area contributed by atoms with E-state index in [1.54, 1.807) is 0 Å². The van der Waals surface area contributed by atoms with Crippen molar-refractivity contribution in [1.82, 2.24) is 0 Å². The van der Waals surface area contributed by atoms with Gasteiger partial charge in [-0.3, -0.25) is 0 Å². The molecular formula is C17H14ClF3O2. The van der Waals surface area contributed by atoms with Gasteiger partial charge in [-0.05, 0) is 35.4 Å². The van der Waals surface area contributed by atoms with E-state index < -0.39 is 17.7 Å². The number of hydrogen-bond acceptors (Lipinski definition) is 2. The zero-order valence-corrected chi connectivity index (χ0v) is 12.8. The average Bonchev–Trinajstić information content (AvgIpc) is 2.54. The first-order chi connectivity index (χ1) is 10.9. The highest BCUT2D eigenvalue weighted by atomic mass is 35.5. The first-order valence-corrected chi connectivity index (χ1v) is 7.42. The number of esters is 1. The fraction of sp³-hybridized carbons (Fsp3) is 0.235. The SMILES string of the molecule is O=C(OCCc1ccccc1CCl)c1ccc(C(F)(F)F)cc1. The van der Waals surface area contributed by atoms with Crippen LogP contribution in [0.25, 0.3) is 0 Å². The van der Waals surface area contributed by atoms with Crippen LogP contribution in [0, 0.1) is 0 Å². The van der Waals surface area contributed by atoms with Crippen LogP contribution in [0.2, 0.25) is 0 Å². The molecule has 0 saturated carbocycles. The normalized spacial score (nSPS) is 11.3. The molecule has 0 aromatic heterocycles. The number of halogens is 4. The zero-order chi connectivity index (χ0) is 16.9. The van der Waals surface area contributed by atoms with E-state index in [1.807, 2.05) is 24.3 Å². The molecule has 0 bridgehead atoms. The third-order valence-corrected chi connectivity index (χ3v) is 3.60. The monoisotopic (exact) mass is 342 g/mol. The summed E-state index contributed by atoms with van der Waals surface area (Å²) in [6, 6.07) is 11.5. The topological polar surface area (TPSA) is 26.3 Å². The van der Waals surface area contributed by atoms with Gasteiger partial charge in [0, 0.05) is 12.3 Å². The maximum absolute atomic E-state index is 12.5. The van der Waals surface area contributed by atoms with Gasteiger partial charge >= 0.3 is 12.1 Å². The smallest absolute Gasteiger partial charge is 0.416 e. The van der Waals surface area contributed by atoms with Crippen molar-refractivity contribution in [3.05, 3.63) is 70.8 Å². The van der Waals surface area contributed by atoms with Crippen molar-refractivity contribution < 1.29 is 22.7 Å². The summed E-state index contributed by atoms with van der Waals surface area (Å²) in [5.74, 6) is -0.287. The number of ether oxygens (including phenoxy) is 1. The molecule has 2 nitrogen and oxygen atoms in total. The summed E-state index contributed by atoms with van der Waals surface area (Å²) in [5.41, 5.74) is 1.22. The van der Waals surface area contributed by atoms with Crippen molar-refractivity contribution >= 4 is 17.6 Å². The van der Waals surface area contributed by atoms with E-state index in [2.05, 4.69) is 0 Å². The van der Waals surface area contributed by atoms with Crippen LogP contribution in [-0.2, 0) is 23.2 Å². The van der Waals surface area contributed by atoms with Gasteiger partial charge in [0.2, 0.25) is 0 Å². The highest BCUT2D eigenvalue weighted by Gasteiger charge is 2.30. The molecule has 0 fully saturated rings. The Morgan fingerprint density at radius 3 is 2.17 bits per heavy atom. The molecule has 0 radical (unpaired) electrons. The summed E-state index contributed by atoms with van der Waals surface area (Å²) >= 11 is 5.82. The molecule has 122 valence electrons. The third kappa shape index (κ3) is 4.73. The van der Waals surface area contributed by atoms with E-state index in [-0.39, 0.29) is 12.2 Å². The highest BCUT2D eigenvalue weighted by molar-refractivity contribution is 6.17. The first kappa shape index (κ1) is 17.3. The molecule has 0 spiro atoms. The number of hydrogen-bond donors (Lipinski definition) is 0. The van der Waals surface area contributed by atoms with E-state index in [0.29, 0.717) is 12.3 Å². The predicted octanol–water partition coefficient (Wildman–Crippen LogP) is 4.84. The average molecular weight is 343 g/mol. The van der Waals surface area contributed by atoms with Gasteiger partial charge < -0.3 is 4.74 Å². The van der Waals surface area contributed by atoms with Gasteiger partial charge in [-0.2, -0.15) is 13.2 Å². The number of alkyl halides is 4. The Morgan fingerprint density at radius 2 is 1.61 bits per heavy atom. The minimum absolute atomic E-state index is 0.0867. The summed E-state index contributed by atoms with van der Waals surface area (Å²) in [5, 5.41) is 0. The zero-order valence-electron chi connectivity index (χ0n) is 12.1. The Hall–Kier alpha value is -2.01. The van der Waals surface area contributed by atoms with E-state index in [4.69, 9.17) is 16.3 Å². The predicted molar refractivity (Wildman–Crippen MR) is 81.4 cm³/mol. The molecule has 0 unspecified atom stereocenters. The van der Waals surface area contributed by atoms with Crippen LogP contribution in [-0.4, -0.2) is 12.6 Å². The van der Waals surface area contributed by atoms with Crippen LogP contribution < -0.4 is 0 Å². The molecule has 0 atom stereocenters. The van der Waals surface area contributed by atoms with Crippen LogP contribution in [0.15, 0.2) is 48.5 Å². The van der Waals surface area contributed by atoms with Gasteiger partial charge in [0.05, 0.1) is 17.7 Å². The first-order valence-electron chi connectivity index (χ1n) is 6.89. The van der Waals surface area contributed by atoms with Crippen molar-refractivity contribution in [2.24, 2.45) is 0 Å². The fourth-order valence-corrected chi connectivity index (χ4v) is 2.32. The number of rotatable bonds is 5. The van der Waals surface area contributed by atoms with Crippen LogP contribution >= 0.6 is 11.6 Å². The van der Waals surface area contributed by atoms with Crippen molar-refractivity contribution in [1.29, 1.82) is 0 Å². The Balaban J connectivity index is 1.92. The summed E-state index contributed by atoms with van der Waals surface area (Å²) in [6.07, 6.45) is -3.93. The molecule has 0 heterocycles. The van der Waals surface area contributed by atoms with Crippen LogP contribution in [0.3, 0.4) is 0 Å². The van der Waals surface area contributed by atoms with Gasteiger partial charge in [0.25, 0.3) is 0 Å². The highest BCUT2D eigenvalue weighted by Crippen LogP contribution is 2.29.